The zero-order valence-corrected chi connectivity index (χ0v) is 9.80. The van der Waals surface area contributed by atoms with Crippen LogP contribution in [0.3, 0.4) is 0 Å². The van der Waals surface area contributed by atoms with Crippen molar-refractivity contribution >= 4 is 0 Å². The molecular weight excluding hydrogens is 212 g/mol. The summed E-state index contributed by atoms with van der Waals surface area (Å²) in [7, 11) is 0. The lowest BCUT2D eigenvalue weighted by molar-refractivity contribution is -0.0786. The van der Waals surface area contributed by atoms with E-state index in [4.69, 9.17) is 9.47 Å². The zero-order chi connectivity index (χ0) is 11.9. The van der Waals surface area contributed by atoms with E-state index in [0.29, 0.717) is 6.61 Å². The second-order valence-corrected chi connectivity index (χ2v) is 3.55. The Bertz CT molecular complexity index is 425. The molecule has 2 aromatic carbocycles. The summed E-state index contributed by atoms with van der Waals surface area (Å²) in [5, 5.41) is 0. The van der Waals surface area contributed by atoms with Crippen molar-refractivity contribution in [2.24, 2.45) is 0 Å². The average molecular weight is 227 g/mol. The van der Waals surface area contributed by atoms with Crippen molar-refractivity contribution in [1.82, 2.24) is 0 Å². The van der Waals surface area contributed by atoms with Crippen LogP contribution in [-0.2, 0) is 4.74 Å². The largest absolute Gasteiger partial charge is 0.461 e. The fourth-order valence-corrected chi connectivity index (χ4v) is 1.53. The topological polar surface area (TPSA) is 18.5 Å². The van der Waals surface area contributed by atoms with Crippen LogP contribution in [0, 0.1) is 6.07 Å². The van der Waals surface area contributed by atoms with E-state index in [-0.39, 0.29) is 6.29 Å². The van der Waals surface area contributed by atoms with Gasteiger partial charge in [-0.1, -0.05) is 42.5 Å². The second kappa shape index (κ2) is 6.06. The molecule has 0 saturated carbocycles. The van der Waals surface area contributed by atoms with Crippen molar-refractivity contribution in [1.29, 1.82) is 0 Å². The smallest absolute Gasteiger partial charge is 0.226 e. The van der Waals surface area contributed by atoms with Crippen LogP contribution in [0.1, 0.15) is 18.8 Å². The molecule has 2 heteroatoms. The minimum atomic E-state index is -0.358. The highest BCUT2D eigenvalue weighted by Gasteiger charge is 2.12. The predicted molar refractivity (Wildman–Crippen MR) is 66.7 cm³/mol. The van der Waals surface area contributed by atoms with Crippen molar-refractivity contribution in [3.63, 3.8) is 0 Å². The molecule has 0 heterocycles. The zero-order valence-electron chi connectivity index (χ0n) is 9.80. The van der Waals surface area contributed by atoms with E-state index in [1.165, 1.54) is 0 Å². The molecule has 0 spiro atoms. The summed E-state index contributed by atoms with van der Waals surface area (Å²) < 4.78 is 11.4. The van der Waals surface area contributed by atoms with Crippen LogP contribution < -0.4 is 4.74 Å². The quantitative estimate of drug-likeness (QED) is 0.726. The van der Waals surface area contributed by atoms with Crippen LogP contribution in [0.2, 0.25) is 0 Å². The average Bonchev–Trinajstić information content (AvgIpc) is 2.40. The highest BCUT2D eigenvalue weighted by molar-refractivity contribution is 5.23. The van der Waals surface area contributed by atoms with Gasteiger partial charge in [0.05, 0.1) is 0 Å². The summed E-state index contributed by atoms with van der Waals surface area (Å²) in [5.41, 5.74) is 1.02. The molecule has 0 amide bonds. The summed E-state index contributed by atoms with van der Waals surface area (Å²) in [6.07, 6.45) is -0.358. The van der Waals surface area contributed by atoms with E-state index in [9.17, 15) is 0 Å². The number of hydrogen-bond donors (Lipinski definition) is 0. The SMILES string of the molecule is CCOC(Oc1cc[c]cc1)c1ccccc1. The maximum Gasteiger partial charge on any atom is 0.226 e. The minimum absolute atomic E-state index is 0.358. The molecule has 1 unspecified atom stereocenters. The Kier molecular flexibility index (Phi) is 4.17. The first-order valence-electron chi connectivity index (χ1n) is 5.69. The normalized spacial score (nSPS) is 12.1. The lowest BCUT2D eigenvalue weighted by atomic mass is 10.2. The summed E-state index contributed by atoms with van der Waals surface area (Å²) in [6, 6.07) is 20.3. The van der Waals surface area contributed by atoms with E-state index >= 15 is 0 Å². The third kappa shape index (κ3) is 3.33. The molecule has 1 radical (unpaired) electrons. The highest BCUT2D eigenvalue weighted by Crippen LogP contribution is 2.22. The van der Waals surface area contributed by atoms with E-state index in [2.05, 4.69) is 6.07 Å². The molecule has 1 atom stereocenters. The molecule has 2 nitrogen and oxygen atoms in total. The van der Waals surface area contributed by atoms with Gasteiger partial charge in [-0.25, -0.2) is 0 Å². The predicted octanol–water partition coefficient (Wildman–Crippen LogP) is 3.60. The molecule has 17 heavy (non-hydrogen) atoms. The third-order valence-corrected chi connectivity index (χ3v) is 2.32. The number of ether oxygens (including phenoxy) is 2. The van der Waals surface area contributed by atoms with Crippen LogP contribution in [0.5, 0.6) is 5.75 Å². The van der Waals surface area contributed by atoms with E-state index in [1.54, 1.807) is 0 Å². The summed E-state index contributed by atoms with van der Waals surface area (Å²) in [6.45, 7) is 2.57. The highest BCUT2D eigenvalue weighted by atomic mass is 16.7. The Balaban J connectivity index is 2.13. The van der Waals surface area contributed by atoms with Gasteiger partial charge in [0.2, 0.25) is 6.29 Å². The van der Waals surface area contributed by atoms with Crippen molar-refractivity contribution in [3.8, 4) is 5.75 Å². The van der Waals surface area contributed by atoms with Crippen LogP contribution in [-0.4, -0.2) is 6.61 Å². The number of benzene rings is 2. The van der Waals surface area contributed by atoms with Gasteiger partial charge in [0.25, 0.3) is 0 Å². The van der Waals surface area contributed by atoms with E-state index < -0.39 is 0 Å². The number of hydrogen-bond acceptors (Lipinski definition) is 2. The lowest BCUT2D eigenvalue weighted by Gasteiger charge is -2.19. The molecule has 0 N–H and O–H groups in total. The van der Waals surface area contributed by atoms with Crippen molar-refractivity contribution in [3.05, 3.63) is 66.2 Å². The molecule has 2 rings (SSSR count). The Morgan fingerprint density at radius 3 is 2.41 bits per heavy atom. The van der Waals surface area contributed by atoms with Gasteiger partial charge in [-0.3, -0.25) is 0 Å². The molecule has 87 valence electrons. The molecule has 0 bridgehead atoms. The minimum Gasteiger partial charge on any atom is -0.461 e. The molecule has 0 aliphatic rings. The summed E-state index contributed by atoms with van der Waals surface area (Å²) in [4.78, 5) is 0. The van der Waals surface area contributed by atoms with Gasteiger partial charge in [-0.15, -0.1) is 0 Å². The standard InChI is InChI=1S/C15H15O2/c1-2-16-15(13-9-5-3-6-10-13)17-14-11-7-4-8-12-14/h3,5-12,15H,2H2,1H3. The maximum absolute atomic E-state index is 5.80. The second-order valence-electron chi connectivity index (χ2n) is 3.55. The fourth-order valence-electron chi connectivity index (χ4n) is 1.53. The molecule has 0 saturated heterocycles. The Morgan fingerprint density at radius 2 is 1.76 bits per heavy atom. The summed E-state index contributed by atoms with van der Waals surface area (Å²) in [5.74, 6) is 0.783. The Labute approximate surface area is 102 Å². The van der Waals surface area contributed by atoms with Gasteiger partial charge in [-0.05, 0) is 25.1 Å². The van der Waals surface area contributed by atoms with Crippen molar-refractivity contribution in [2.45, 2.75) is 13.2 Å². The van der Waals surface area contributed by atoms with Crippen LogP contribution in [0.15, 0.2) is 54.6 Å². The monoisotopic (exact) mass is 227 g/mol. The third-order valence-electron chi connectivity index (χ3n) is 2.32. The molecular formula is C15H15O2. The van der Waals surface area contributed by atoms with Crippen LogP contribution in [0.25, 0.3) is 0 Å². The fraction of sp³-hybridized carbons (Fsp3) is 0.200. The molecule has 0 aliphatic heterocycles. The van der Waals surface area contributed by atoms with E-state index in [0.717, 1.165) is 11.3 Å². The first kappa shape index (κ1) is 11.7. The van der Waals surface area contributed by atoms with E-state index in [1.807, 2.05) is 61.5 Å². The molecule has 0 aromatic heterocycles. The molecule has 0 aliphatic carbocycles. The van der Waals surface area contributed by atoms with Crippen LogP contribution >= 0.6 is 0 Å². The Morgan fingerprint density at radius 1 is 1.06 bits per heavy atom. The van der Waals surface area contributed by atoms with Gasteiger partial charge >= 0.3 is 0 Å². The lowest BCUT2D eigenvalue weighted by Crippen LogP contribution is -2.11. The molecule has 2 aromatic rings. The van der Waals surface area contributed by atoms with Gasteiger partial charge in [0.1, 0.15) is 5.75 Å². The van der Waals surface area contributed by atoms with Gasteiger partial charge in [0, 0.05) is 12.2 Å². The van der Waals surface area contributed by atoms with Crippen LogP contribution in [0.4, 0.5) is 0 Å². The van der Waals surface area contributed by atoms with Gasteiger partial charge in [0.15, 0.2) is 0 Å². The number of rotatable bonds is 5. The summed E-state index contributed by atoms with van der Waals surface area (Å²) >= 11 is 0. The molecule has 0 fully saturated rings. The van der Waals surface area contributed by atoms with Crippen molar-refractivity contribution in [2.75, 3.05) is 6.61 Å². The van der Waals surface area contributed by atoms with Gasteiger partial charge in [-0.2, -0.15) is 0 Å². The first-order chi connectivity index (χ1) is 8.40. The van der Waals surface area contributed by atoms with Crippen molar-refractivity contribution < 1.29 is 9.47 Å². The first-order valence-corrected chi connectivity index (χ1v) is 5.69. The Hall–Kier alpha value is -1.80. The van der Waals surface area contributed by atoms with Gasteiger partial charge < -0.3 is 9.47 Å². The maximum atomic E-state index is 5.80.